The van der Waals surface area contributed by atoms with Crippen LogP contribution in [0.2, 0.25) is 0 Å². The molecule has 0 radical (unpaired) electrons. The van der Waals surface area contributed by atoms with Crippen molar-refractivity contribution in [2.45, 2.75) is 124 Å². The second-order valence-corrected chi connectivity index (χ2v) is 21.2. The molecule has 4 atom stereocenters. The van der Waals surface area contributed by atoms with Crippen molar-refractivity contribution in [1.82, 2.24) is 45.5 Å². The number of nitrogens with zero attached hydrogens (tertiary/aromatic N) is 4. The molecule has 6 aromatic rings. The molecule has 4 saturated heterocycles. The monoisotopic (exact) mass is 1150 g/mol. The maximum absolute atomic E-state index is 12.9. The van der Waals surface area contributed by atoms with Crippen LogP contribution in [0.15, 0.2) is 131 Å². The number of benzene rings is 4. The highest BCUT2D eigenvalue weighted by molar-refractivity contribution is 6.08. The Hall–Kier alpha value is -9.92. The van der Waals surface area contributed by atoms with Gasteiger partial charge >= 0.3 is 0 Å². The van der Waals surface area contributed by atoms with Gasteiger partial charge in [0, 0.05) is 93.1 Å². The molecule has 2 aromatic heterocycles. The molecule has 7 aliphatic rings. The average Bonchev–Trinajstić information content (AvgIpc) is 3.07. The van der Waals surface area contributed by atoms with E-state index < -0.39 is 35.8 Å². The average molecular weight is 1150 g/mol. The van der Waals surface area contributed by atoms with Crippen molar-refractivity contribution in [2.75, 3.05) is 6.54 Å². The van der Waals surface area contributed by atoms with Gasteiger partial charge in [-0.05, 0) is 124 Å². The fourth-order valence-corrected chi connectivity index (χ4v) is 11.6. The Kier molecular flexibility index (Phi) is 18.5. The van der Waals surface area contributed by atoms with E-state index in [1.54, 1.807) is 58.3 Å². The predicted molar refractivity (Wildman–Crippen MR) is 314 cm³/mol. The highest BCUT2D eigenvalue weighted by Crippen LogP contribution is 2.35. The van der Waals surface area contributed by atoms with Crippen molar-refractivity contribution in [1.29, 1.82) is 0 Å². The van der Waals surface area contributed by atoms with Gasteiger partial charge in [0.15, 0.2) is 0 Å². The van der Waals surface area contributed by atoms with Gasteiger partial charge in [0.05, 0.1) is 6.54 Å². The molecule has 4 aromatic carbocycles. The van der Waals surface area contributed by atoms with E-state index in [1.807, 2.05) is 66.7 Å². The van der Waals surface area contributed by atoms with E-state index in [0.717, 1.165) is 56.5 Å². The van der Waals surface area contributed by atoms with Crippen LogP contribution in [0.3, 0.4) is 0 Å². The van der Waals surface area contributed by atoms with Crippen molar-refractivity contribution in [3.05, 3.63) is 187 Å². The van der Waals surface area contributed by atoms with Gasteiger partial charge in [0.1, 0.15) is 18.1 Å². The van der Waals surface area contributed by atoms with Crippen LogP contribution in [0.4, 0.5) is 0 Å². The summed E-state index contributed by atoms with van der Waals surface area (Å²) in [6.07, 6.45) is 6.43. The van der Waals surface area contributed by atoms with Crippen molar-refractivity contribution < 1.29 is 47.9 Å². The van der Waals surface area contributed by atoms with Crippen molar-refractivity contribution >= 4 is 59.1 Å². The third kappa shape index (κ3) is 12.8. The summed E-state index contributed by atoms with van der Waals surface area (Å²) >= 11 is 0. The number of aromatic nitrogens is 2. The lowest BCUT2D eigenvalue weighted by atomic mass is 9.88. The Morgan fingerprint density at radius 3 is 1.36 bits per heavy atom. The van der Waals surface area contributed by atoms with E-state index in [1.165, 1.54) is 15.9 Å². The number of nitrogens with one attached hydrogen (secondary N) is 5. The van der Waals surface area contributed by atoms with Crippen LogP contribution in [0, 0.1) is 0 Å². The second kappa shape index (κ2) is 25.7. The molecular formula is C64H67N9O12. The number of carbonyl (C=O) groups is 10. The molecule has 0 saturated carbocycles. The Balaban J connectivity index is 0.000000165. The number of carbonyl (C=O) groups excluding carboxylic acids is 10. The zero-order chi connectivity index (χ0) is 57.3. The van der Waals surface area contributed by atoms with E-state index in [4.69, 9.17) is 0 Å². The van der Waals surface area contributed by atoms with E-state index >= 15 is 0 Å². The Labute approximate surface area is 490 Å². The third-order valence-electron chi connectivity index (χ3n) is 15.9. The number of piperidine rings is 4. The summed E-state index contributed by atoms with van der Waals surface area (Å²) < 4.78 is 1.65. The number of amides is 10. The van der Waals surface area contributed by atoms with E-state index in [0.29, 0.717) is 75.1 Å². The molecule has 0 aliphatic carbocycles. The number of H-pyrrole nitrogens is 1. The van der Waals surface area contributed by atoms with Gasteiger partial charge in [-0.2, -0.15) is 0 Å². The minimum absolute atomic E-state index is 0. The summed E-state index contributed by atoms with van der Waals surface area (Å²) in [6.45, 7) is 2.16. The van der Waals surface area contributed by atoms with E-state index in [-0.39, 0.29) is 99.9 Å². The lowest BCUT2D eigenvalue weighted by Crippen LogP contribution is -2.52. The molecule has 21 heteroatoms. The summed E-state index contributed by atoms with van der Waals surface area (Å²) in [5, 5.41) is 9.73. The van der Waals surface area contributed by atoms with Gasteiger partial charge in [-0.15, -0.1) is 0 Å². The Morgan fingerprint density at radius 2 is 0.906 bits per heavy atom. The van der Waals surface area contributed by atoms with Gasteiger partial charge in [0.2, 0.25) is 46.9 Å². The summed E-state index contributed by atoms with van der Waals surface area (Å²) in [7, 11) is 0. The van der Waals surface area contributed by atoms with Crippen LogP contribution in [-0.4, -0.2) is 108 Å². The lowest BCUT2D eigenvalue weighted by molar-refractivity contribution is -0.138. The smallest absolute Gasteiger partial charge is 0.255 e. The second-order valence-electron chi connectivity index (χ2n) is 21.2. The lowest BCUT2D eigenvalue weighted by Gasteiger charge is -2.29. The molecule has 9 heterocycles. The molecule has 5 N–H and O–H groups in total. The van der Waals surface area contributed by atoms with Gasteiger partial charge in [-0.3, -0.25) is 73.5 Å². The van der Waals surface area contributed by atoms with Gasteiger partial charge in [0.25, 0.3) is 23.3 Å². The fourth-order valence-electron chi connectivity index (χ4n) is 11.6. The molecule has 13 rings (SSSR count). The number of pyridine rings is 2. The van der Waals surface area contributed by atoms with Crippen LogP contribution < -0.4 is 32.4 Å². The highest BCUT2D eigenvalue weighted by Gasteiger charge is 2.42. The fraction of sp³-hybridized carbons (Fsp3) is 0.312. The van der Waals surface area contributed by atoms with Crippen LogP contribution in [0.25, 0.3) is 22.3 Å². The van der Waals surface area contributed by atoms with E-state index in [9.17, 15) is 57.5 Å². The van der Waals surface area contributed by atoms with Crippen LogP contribution in [-0.2, 0) is 59.7 Å². The summed E-state index contributed by atoms with van der Waals surface area (Å²) in [5.41, 5.74) is 9.24. The number of rotatable bonds is 8. The molecular weight excluding hydrogens is 1090 g/mol. The maximum atomic E-state index is 12.9. The van der Waals surface area contributed by atoms with Crippen molar-refractivity contribution in [3.63, 3.8) is 0 Å². The van der Waals surface area contributed by atoms with Crippen molar-refractivity contribution in [3.8, 4) is 22.3 Å². The number of aromatic amines is 1. The molecule has 4 unspecified atom stereocenters. The standard InChI is InChI=1S/C25H21N3O4.C18H19N3O4.C18H15N3O4.3CH4/c29-22-9-8-21(24(31)26-22)28-15-19-12-17(6-7-20(19)25(28)32)18-10-11-27(23(30)13-18)14-16-4-2-1-3-5-16;2*22-15-4-3-14(17(24)20-15)21-9-12-7-10(1-2-13(12)18(21)25)11-5-6-19-16(23)8-11;;;/h1-7,10-13,21H,8-9,14-15H2,(H,26,29,31);1-2,7,11,14H,3-6,8-9H2,(H,19,23)(H,20,22,24);1-2,5-8,14H,3-4,9H2,(H,19,23)(H,20,22,24);3*1H4. The van der Waals surface area contributed by atoms with Crippen molar-refractivity contribution in [2.24, 2.45) is 0 Å². The Morgan fingerprint density at radius 1 is 0.447 bits per heavy atom. The molecule has 85 heavy (non-hydrogen) atoms. The quantitative estimate of drug-likeness (QED) is 0.119. The molecule has 4 fully saturated rings. The van der Waals surface area contributed by atoms with Gasteiger partial charge in [-0.25, -0.2) is 0 Å². The number of imide groups is 3. The first-order chi connectivity index (χ1) is 39.5. The van der Waals surface area contributed by atoms with Gasteiger partial charge in [-0.1, -0.05) is 76.9 Å². The van der Waals surface area contributed by atoms with E-state index in [2.05, 4.69) is 26.3 Å². The molecule has 7 aliphatic heterocycles. The minimum atomic E-state index is -0.641. The molecule has 440 valence electrons. The number of hydrogen-bond acceptors (Lipinski definition) is 12. The summed E-state index contributed by atoms with van der Waals surface area (Å²) in [5.74, 6) is -2.51. The zero-order valence-corrected chi connectivity index (χ0v) is 44.2. The normalized spacial score (nSPS) is 20.3. The molecule has 0 spiro atoms. The highest BCUT2D eigenvalue weighted by atomic mass is 16.2. The first-order valence-electron chi connectivity index (χ1n) is 27.1. The predicted octanol–water partition coefficient (Wildman–Crippen LogP) is 5.48. The summed E-state index contributed by atoms with van der Waals surface area (Å²) in [4.78, 5) is 151. The summed E-state index contributed by atoms with van der Waals surface area (Å²) in [6, 6.07) is 31.2. The van der Waals surface area contributed by atoms with Gasteiger partial charge < -0.3 is 29.6 Å². The SMILES string of the molecule is C.C.C.O=C1CC(c2ccc3c(c2)CN(C2CCC(=O)NC2=O)C3=O)CCN1.O=C1CCC(N2Cc3cc(-c4cc[nH]c(=O)c4)ccc3C2=O)C(=O)N1.O=C1CCC(N2Cc3cc(-c4ccn(Cc5ccccc5)c(=O)c4)ccc3C2=O)C(=O)N1. The number of hydrogen-bond donors (Lipinski definition) is 5. The first kappa shape index (κ1) is 61.2. The molecule has 21 nitrogen and oxygen atoms in total. The third-order valence-corrected chi connectivity index (χ3v) is 15.9. The van der Waals surface area contributed by atoms with Crippen LogP contribution >= 0.6 is 0 Å². The van der Waals surface area contributed by atoms with Crippen LogP contribution in [0.5, 0.6) is 0 Å². The topological polar surface area (TPSA) is 283 Å². The minimum Gasteiger partial charge on any atom is -0.356 e. The zero-order valence-electron chi connectivity index (χ0n) is 44.2. The Bertz CT molecular complexity index is 3820. The molecule has 0 bridgehead atoms. The van der Waals surface area contributed by atoms with Crippen LogP contribution in [0.1, 0.15) is 138 Å². The first-order valence-corrected chi connectivity index (χ1v) is 27.1. The molecule has 10 amide bonds. The largest absolute Gasteiger partial charge is 0.356 e. The number of fused-ring (bicyclic) bond motifs is 3. The maximum Gasteiger partial charge on any atom is 0.255 e.